The van der Waals surface area contributed by atoms with Crippen LogP contribution in [0, 0.1) is 6.92 Å². The molecule has 5 aromatic rings. The third kappa shape index (κ3) is 6.61. The van der Waals surface area contributed by atoms with E-state index in [2.05, 4.69) is 34.9 Å². The highest BCUT2D eigenvalue weighted by Gasteiger charge is 2.19. The number of aryl methyl sites for hydroxylation is 1. The van der Waals surface area contributed by atoms with Crippen LogP contribution >= 0.6 is 15.9 Å². The van der Waals surface area contributed by atoms with Gasteiger partial charge in [0.15, 0.2) is 17.3 Å². The van der Waals surface area contributed by atoms with Crippen molar-refractivity contribution in [3.63, 3.8) is 0 Å². The largest absolute Gasteiger partial charge is 0.496 e. The van der Waals surface area contributed by atoms with E-state index in [-0.39, 0.29) is 23.6 Å². The maximum absolute atomic E-state index is 13.8. The van der Waals surface area contributed by atoms with E-state index in [9.17, 15) is 14.7 Å². The summed E-state index contributed by atoms with van der Waals surface area (Å²) in [5, 5.41) is 14.4. The first-order valence-corrected chi connectivity index (χ1v) is 15.0. The Balaban J connectivity index is 1.56. The van der Waals surface area contributed by atoms with Crippen molar-refractivity contribution >= 4 is 39.0 Å². The van der Waals surface area contributed by atoms with Gasteiger partial charge in [0.25, 0.3) is 5.56 Å². The van der Waals surface area contributed by atoms with Gasteiger partial charge in [0.05, 0.1) is 36.9 Å². The predicted molar refractivity (Wildman–Crippen MR) is 178 cm³/mol. The summed E-state index contributed by atoms with van der Waals surface area (Å²) in [6.45, 7) is 6.26. The van der Waals surface area contributed by atoms with Crippen molar-refractivity contribution in [3.8, 4) is 28.6 Å². The summed E-state index contributed by atoms with van der Waals surface area (Å²) >= 11 is 3.59. The maximum Gasteiger partial charge on any atom is 0.335 e. The predicted octanol–water partition coefficient (Wildman–Crippen LogP) is 7.43. The van der Waals surface area contributed by atoms with Crippen LogP contribution in [0.5, 0.6) is 17.2 Å². The first kappa shape index (κ1) is 31.5. The molecule has 1 aromatic heterocycles. The summed E-state index contributed by atoms with van der Waals surface area (Å²) in [4.78, 5) is 30.1. The number of rotatable bonds is 10. The first-order chi connectivity index (χ1) is 21.6. The number of carboxylic acid groups (broad SMARTS) is 1. The summed E-state index contributed by atoms with van der Waals surface area (Å²) in [6.07, 6.45) is 1.57. The highest BCUT2D eigenvalue weighted by atomic mass is 79.9. The van der Waals surface area contributed by atoms with Gasteiger partial charge in [0, 0.05) is 15.6 Å². The SMILES string of the molecule is COc1cc(C=Nn2c(-c3cc(C(C)C)c(OC)cc3C)nc3ccccc3c2=O)c(Br)cc1OCc1cccc(C(=O)O)c1. The highest BCUT2D eigenvalue weighted by molar-refractivity contribution is 9.10. The van der Waals surface area contributed by atoms with E-state index in [1.54, 1.807) is 55.8 Å². The zero-order chi connectivity index (χ0) is 32.2. The Kier molecular flexibility index (Phi) is 9.34. The molecule has 0 fully saturated rings. The molecule has 4 aromatic carbocycles. The minimum absolute atomic E-state index is 0.137. The first-order valence-electron chi connectivity index (χ1n) is 14.2. The second kappa shape index (κ2) is 13.4. The number of hydrogen-bond donors (Lipinski definition) is 1. The molecule has 9 nitrogen and oxygen atoms in total. The van der Waals surface area contributed by atoms with Crippen molar-refractivity contribution in [2.75, 3.05) is 14.2 Å². The number of carbonyl (C=O) groups is 1. The molecule has 0 spiro atoms. The average Bonchev–Trinajstić information content (AvgIpc) is 3.03. The number of nitrogens with zero attached hydrogens (tertiary/aromatic N) is 3. The van der Waals surface area contributed by atoms with Gasteiger partial charge in [-0.05, 0) is 94.0 Å². The van der Waals surface area contributed by atoms with Crippen LogP contribution < -0.4 is 19.8 Å². The average molecular weight is 671 g/mol. The van der Waals surface area contributed by atoms with Gasteiger partial charge in [-0.2, -0.15) is 9.78 Å². The number of benzene rings is 4. The van der Waals surface area contributed by atoms with Gasteiger partial charge < -0.3 is 19.3 Å². The smallest absolute Gasteiger partial charge is 0.335 e. The van der Waals surface area contributed by atoms with Gasteiger partial charge in [0.2, 0.25) is 0 Å². The monoisotopic (exact) mass is 669 g/mol. The Morgan fingerprint density at radius 1 is 1.00 bits per heavy atom. The summed E-state index contributed by atoms with van der Waals surface area (Å²) in [5.74, 6) is 1.23. The second-order valence-electron chi connectivity index (χ2n) is 10.7. The van der Waals surface area contributed by atoms with Crippen molar-refractivity contribution in [1.29, 1.82) is 0 Å². The van der Waals surface area contributed by atoms with Crippen molar-refractivity contribution in [2.45, 2.75) is 33.3 Å². The third-order valence-electron chi connectivity index (χ3n) is 7.36. The molecule has 10 heteroatoms. The lowest BCUT2D eigenvalue weighted by Crippen LogP contribution is -2.21. The zero-order valence-electron chi connectivity index (χ0n) is 25.5. The fourth-order valence-corrected chi connectivity index (χ4v) is 5.39. The van der Waals surface area contributed by atoms with E-state index in [0.29, 0.717) is 43.8 Å². The van der Waals surface area contributed by atoms with E-state index in [4.69, 9.17) is 19.2 Å². The van der Waals surface area contributed by atoms with Gasteiger partial charge in [-0.15, -0.1) is 0 Å². The summed E-state index contributed by atoms with van der Waals surface area (Å²) in [6, 6.07) is 21.2. The van der Waals surface area contributed by atoms with E-state index in [1.165, 1.54) is 17.9 Å². The van der Waals surface area contributed by atoms with E-state index in [0.717, 1.165) is 22.4 Å². The van der Waals surface area contributed by atoms with Crippen LogP contribution in [0.2, 0.25) is 0 Å². The van der Waals surface area contributed by atoms with E-state index >= 15 is 0 Å². The Morgan fingerprint density at radius 2 is 1.76 bits per heavy atom. The van der Waals surface area contributed by atoms with Crippen LogP contribution in [0.1, 0.15) is 52.4 Å². The number of para-hydroxylation sites is 1. The molecule has 1 heterocycles. The minimum atomic E-state index is -1.01. The van der Waals surface area contributed by atoms with E-state index in [1.807, 2.05) is 31.2 Å². The molecule has 0 unspecified atom stereocenters. The standard InChI is InChI=1S/C35H32BrN3O6/c1-20(2)26-16-27(21(3)13-30(26)43-4)33-38-29-12-7-6-11-25(29)34(40)39(33)37-18-24-15-31(44-5)32(17-28(24)36)45-19-22-9-8-10-23(14-22)35(41)42/h6-18,20H,19H2,1-5H3,(H,41,42). The fourth-order valence-electron chi connectivity index (χ4n) is 4.97. The van der Waals surface area contributed by atoms with Crippen LogP contribution in [0.25, 0.3) is 22.3 Å². The van der Waals surface area contributed by atoms with Gasteiger partial charge >= 0.3 is 5.97 Å². The zero-order valence-corrected chi connectivity index (χ0v) is 27.1. The topological polar surface area (TPSA) is 112 Å². The van der Waals surface area contributed by atoms with Gasteiger partial charge in [0.1, 0.15) is 12.4 Å². The number of methoxy groups -OCH3 is 2. The van der Waals surface area contributed by atoms with Crippen LogP contribution in [0.15, 0.2) is 87.2 Å². The lowest BCUT2D eigenvalue weighted by Gasteiger charge is -2.17. The third-order valence-corrected chi connectivity index (χ3v) is 8.04. The molecule has 0 aliphatic carbocycles. The number of aromatic nitrogens is 2. The highest BCUT2D eigenvalue weighted by Crippen LogP contribution is 2.35. The van der Waals surface area contributed by atoms with Crippen molar-refractivity contribution in [2.24, 2.45) is 5.10 Å². The van der Waals surface area contributed by atoms with Gasteiger partial charge in [-0.1, -0.05) is 38.1 Å². The number of hydrogen-bond acceptors (Lipinski definition) is 7. The van der Waals surface area contributed by atoms with Crippen molar-refractivity contribution < 1.29 is 24.1 Å². The van der Waals surface area contributed by atoms with Crippen LogP contribution in [0.4, 0.5) is 0 Å². The van der Waals surface area contributed by atoms with Gasteiger partial charge in [-0.25, -0.2) is 9.78 Å². The number of ether oxygens (including phenoxy) is 3. The number of carboxylic acids is 1. The Labute approximate surface area is 268 Å². The molecule has 0 atom stereocenters. The molecular weight excluding hydrogens is 638 g/mol. The van der Waals surface area contributed by atoms with Crippen molar-refractivity contribution in [3.05, 3.63) is 115 Å². The summed E-state index contributed by atoms with van der Waals surface area (Å²) in [5.41, 5.74) is 4.43. The molecule has 0 aliphatic heterocycles. The molecule has 1 N–H and O–H groups in total. The lowest BCUT2D eigenvalue weighted by atomic mass is 9.96. The maximum atomic E-state index is 13.8. The second-order valence-corrected chi connectivity index (χ2v) is 11.6. The lowest BCUT2D eigenvalue weighted by molar-refractivity contribution is 0.0696. The molecule has 0 bridgehead atoms. The molecule has 0 amide bonds. The van der Waals surface area contributed by atoms with Crippen LogP contribution in [0.3, 0.4) is 0 Å². The molecule has 5 rings (SSSR count). The number of halogens is 1. The Hall–Kier alpha value is -4.96. The van der Waals surface area contributed by atoms with Crippen LogP contribution in [-0.2, 0) is 6.61 Å². The normalized spacial score (nSPS) is 11.4. The van der Waals surface area contributed by atoms with Crippen LogP contribution in [-0.4, -0.2) is 41.2 Å². The molecule has 0 radical (unpaired) electrons. The minimum Gasteiger partial charge on any atom is -0.496 e. The van der Waals surface area contributed by atoms with Gasteiger partial charge in [-0.3, -0.25) is 4.79 Å². The molecule has 45 heavy (non-hydrogen) atoms. The van der Waals surface area contributed by atoms with Crippen molar-refractivity contribution in [1.82, 2.24) is 9.66 Å². The molecule has 0 saturated heterocycles. The van der Waals surface area contributed by atoms with E-state index < -0.39 is 5.97 Å². The Bertz CT molecular complexity index is 2000. The molecule has 0 saturated carbocycles. The fraction of sp³-hybridized carbons (Fsp3) is 0.200. The molecule has 0 aliphatic rings. The molecular formula is C35H32BrN3O6. The summed E-state index contributed by atoms with van der Waals surface area (Å²) in [7, 11) is 3.17. The summed E-state index contributed by atoms with van der Waals surface area (Å²) < 4.78 is 19.2. The number of fused-ring (bicyclic) bond motifs is 1. The number of aromatic carboxylic acids is 1. The Morgan fingerprint density at radius 3 is 2.47 bits per heavy atom. The molecule has 230 valence electrons. The quantitative estimate of drug-likeness (QED) is 0.154.